The van der Waals surface area contributed by atoms with Gasteiger partial charge in [0.2, 0.25) is 5.91 Å². The number of aromatic nitrogens is 1. The number of benzene rings is 1. The summed E-state index contributed by atoms with van der Waals surface area (Å²) in [5.41, 5.74) is 0.813. The number of thiazole rings is 1. The third kappa shape index (κ3) is 5.46. The van der Waals surface area contributed by atoms with Crippen molar-refractivity contribution in [3.8, 4) is 0 Å². The van der Waals surface area contributed by atoms with Crippen LogP contribution in [0.5, 0.6) is 0 Å². The van der Waals surface area contributed by atoms with Gasteiger partial charge in [-0.3, -0.25) is 19.4 Å². The standard InChI is InChI=1S/C18H24N4O4S/c23-10-9-21-5-7-22(8-6-21)12-13(17(25)26)11-16(24)20-18-19-14-3-1-2-4-15(14)27-18/h1-4,13,23H,5-12H2,(H,25,26)(H,19,20,24)/t13-/m1/s1. The van der Waals surface area contributed by atoms with E-state index in [2.05, 4.69) is 20.1 Å². The summed E-state index contributed by atoms with van der Waals surface area (Å²) in [6.45, 7) is 4.18. The quantitative estimate of drug-likeness (QED) is 0.614. The molecule has 1 aromatic heterocycles. The molecular formula is C18H24N4O4S. The van der Waals surface area contributed by atoms with Crippen LogP contribution in [0.1, 0.15) is 6.42 Å². The Labute approximate surface area is 161 Å². The normalized spacial score (nSPS) is 17.1. The second-order valence-electron chi connectivity index (χ2n) is 6.64. The predicted octanol–water partition coefficient (Wildman–Crippen LogP) is 0.936. The molecule has 0 aliphatic carbocycles. The molecule has 2 aromatic rings. The molecule has 8 nitrogen and oxygen atoms in total. The van der Waals surface area contributed by atoms with Crippen molar-refractivity contribution in [1.82, 2.24) is 14.8 Å². The zero-order valence-electron chi connectivity index (χ0n) is 15.0. The number of carbonyl (C=O) groups is 2. The summed E-state index contributed by atoms with van der Waals surface area (Å²) in [5.74, 6) is -2.06. The fourth-order valence-corrected chi connectivity index (χ4v) is 4.08. The van der Waals surface area contributed by atoms with E-state index in [1.54, 1.807) is 0 Å². The van der Waals surface area contributed by atoms with Gasteiger partial charge in [0.1, 0.15) is 0 Å². The molecule has 0 saturated carbocycles. The highest BCUT2D eigenvalue weighted by Crippen LogP contribution is 2.25. The van der Waals surface area contributed by atoms with Crippen molar-refractivity contribution in [2.24, 2.45) is 5.92 Å². The van der Waals surface area contributed by atoms with Crippen LogP contribution < -0.4 is 5.32 Å². The largest absolute Gasteiger partial charge is 0.481 e. The number of piperazine rings is 1. The number of anilines is 1. The fraction of sp³-hybridized carbons (Fsp3) is 0.500. The van der Waals surface area contributed by atoms with E-state index < -0.39 is 11.9 Å². The number of nitrogens with zero attached hydrogens (tertiary/aromatic N) is 3. The Hall–Kier alpha value is -2.07. The minimum atomic E-state index is -0.966. The number of hydrogen-bond donors (Lipinski definition) is 3. The summed E-state index contributed by atoms with van der Waals surface area (Å²) >= 11 is 1.37. The number of aliphatic hydroxyl groups is 1. The number of nitrogens with one attached hydrogen (secondary N) is 1. The minimum absolute atomic E-state index is 0.0812. The van der Waals surface area contributed by atoms with Crippen LogP contribution >= 0.6 is 11.3 Å². The smallest absolute Gasteiger partial charge is 0.308 e. The van der Waals surface area contributed by atoms with Crippen molar-refractivity contribution < 1.29 is 19.8 Å². The van der Waals surface area contributed by atoms with Crippen LogP contribution in [0.15, 0.2) is 24.3 Å². The number of aliphatic carboxylic acids is 1. The van der Waals surface area contributed by atoms with Gasteiger partial charge in [0.05, 0.1) is 22.7 Å². The number of carbonyl (C=O) groups excluding carboxylic acids is 1. The van der Waals surface area contributed by atoms with Crippen LogP contribution in [0.4, 0.5) is 5.13 Å². The van der Waals surface area contributed by atoms with Gasteiger partial charge in [-0.05, 0) is 12.1 Å². The number of aliphatic hydroxyl groups excluding tert-OH is 1. The molecule has 1 aliphatic rings. The molecule has 0 unspecified atom stereocenters. The zero-order chi connectivity index (χ0) is 19.2. The molecule has 1 amide bonds. The van der Waals surface area contributed by atoms with Crippen molar-refractivity contribution in [2.45, 2.75) is 6.42 Å². The van der Waals surface area contributed by atoms with Gasteiger partial charge in [-0.15, -0.1) is 0 Å². The van der Waals surface area contributed by atoms with E-state index in [1.807, 2.05) is 24.3 Å². The molecule has 1 aromatic carbocycles. The number of carboxylic acid groups (broad SMARTS) is 1. The lowest BCUT2D eigenvalue weighted by Crippen LogP contribution is -2.49. The Morgan fingerprint density at radius 1 is 1.19 bits per heavy atom. The molecule has 146 valence electrons. The van der Waals surface area contributed by atoms with Gasteiger partial charge in [-0.25, -0.2) is 4.98 Å². The van der Waals surface area contributed by atoms with E-state index in [0.29, 0.717) is 18.2 Å². The van der Waals surface area contributed by atoms with Crippen molar-refractivity contribution >= 4 is 38.6 Å². The minimum Gasteiger partial charge on any atom is -0.481 e. The lowest BCUT2D eigenvalue weighted by atomic mass is 10.0. The maximum absolute atomic E-state index is 12.3. The van der Waals surface area contributed by atoms with Crippen molar-refractivity contribution in [2.75, 3.05) is 51.2 Å². The number of amides is 1. The van der Waals surface area contributed by atoms with Crippen LogP contribution in [-0.4, -0.2) is 82.7 Å². The van der Waals surface area contributed by atoms with Gasteiger partial charge in [0.25, 0.3) is 0 Å². The van der Waals surface area contributed by atoms with E-state index >= 15 is 0 Å². The predicted molar refractivity (Wildman–Crippen MR) is 104 cm³/mol. The molecular weight excluding hydrogens is 368 g/mol. The highest BCUT2D eigenvalue weighted by Gasteiger charge is 2.26. The topological polar surface area (TPSA) is 106 Å². The van der Waals surface area contributed by atoms with Crippen molar-refractivity contribution in [3.63, 3.8) is 0 Å². The van der Waals surface area contributed by atoms with E-state index in [4.69, 9.17) is 5.11 Å². The lowest BCUT2D eigenvalue weighted by molar-refractivity contribution is -0.144. The summed E-state index contributed by atoms with van der Waals surface area (Å²) in [6, 6.07) is 7.60. The maximum Gasteiger partial charge on any atom is 0.308 e. The number of β-amino-alcohol motifs (C(OH)–C–C–N with tert-alkyl or cyclic N) is 1. The SMILES string of the molecule is O=C(C[C@H](CN1CCN(CCO)CC1)C(=O)O)Nc1nc2ccccc2s1. The summed E-state index contributed by atoms with van der Waals surface area (Å²) < 4.78 is 0.975. The summed E-state index contributed by atoms with van der Waals surface area (Å²) in [7, 11) is 0. The molecule has 1 aliphatic heterocycles. The number of fused-ring (bicyclic) bond motifs is 1. The van der Waals surface area contributed by atoms with Crippen LogP contribution in [0, 0.1) is 5.92 Å². The van der Waals surface area contributed by atoms with Crippen LogP contribution in [0.25, 0.3) is 10.2 Å². The summed E-state index contributed by atoms with van der Waals surface area (Å²) in [4.78, 5) is 32.5. The fourth-order valence-electron chi connectivity index (χ4n) is 3.20. The van der Waals surface area contributed by atoms with Gasteiger partial charge < -0.3 is 15.5 Å². The van der Waals surface area contributed by atoms with E-state index in [0.717, 1.165) is 36.4 Å². The average molecular weight is 392 g/mol. The molecule has 9 heteroatoms. The molecule has 1 fully saturated rings. The molecule has 1 atom stereocenters. The monoisotopic (exact) mass is 392 g/mol. The lowest BCUT2D eigenvalue weighted by Gasteiger charge is -2.35. The second-order valence-corrected chi connectivity index (χ2v) is 7.67. The summed E-state index contributed by atoms with van der Waals surface area (Å²) in [5, 5.41) is 21.7. The molecule has 3 N–H and O–H groups in total. The molecule has 1 saturated heterocycles. The highest BCUT2D eigenvalue weighted by molar-refractivity contribution is 7.22. The van der Waals surface area contributed by atoms with Crippen LogP contribution in [-0.2, 0) is 9.59 Å². The summed E-state index contributed by atoms with van der Waals surface area (Å²) in [6.07, 6.45) is -0.0812. The number of para-hydroxylation sites is 1. The Bertz CT molecular complexity index is 756. The first kappa shape index (κ1) is 19.7. The van der Waals surface area contributed by atoms with Gasteiger partial charge in [0, 0.05) is 45.7 Å². The van der Waals surface area contributed by atoms with Crippen LogP contribution in [0.3, 0.4) is 0 Å². The average Bonchev–Trinajstić information content (AvgIpc) is 3.05. The van der Waals surface area contributed by atoms with Crippen LogP contribution in [0.2, 0.25) is 0 Å². The first-order chi connectivity index (χ1) is 13.0. The molecule has 0 radical (unpaired) electrons. The number of hydrogen-bond acceptors (Lipinski definition) is 7. The number of rotatable bonds is 8. The third-order valence-electron chi connectivity index (χ3n) is 4.68. The van der Waals surface area contributed by atoms with Crippen molar-refractivity contribution in [3.05, 3.63) is 24.3 Å². The van der Waals surface area contributed by atoms with E-state index in [-0.39, 0.29) is 18.9 Å². The molecule has 27 heavy (non-hydrogen) atoms. The molecule has 0 spiro atoms. The first-order valence-corrected chi connectivity index (χ1v) is 9.80. The first-order valence-electron chi connectivity index (χ1n) is 8.99. The number of carboxylic acids is 1. The van der Waals surface area contributed by atoms with Gasteiger partial charge in [-0.1, -0.05) is 23.5 Å². The molecule has 3 rings (SSSR count). The maximum atomic E-state index is 12.3. The Kier molecular flexibility index (Phi) is 6.73. The zero-order valence-corrected chi connectivity index (χ0v) is 15.8. The van der Waals surface area contributed by atoms with Gasteiger partial charge in [0.15, 0.2) is 5.13 Å². The van der Waals surface area contributed by atoms with E-state index in [9.17, 15) is 14.7 Å². The Morgan fingerprint density at radius 2 is 1.89 bits per heavy atom. The van der Waals surface area contributed by atoms with E-state index in [1.165, 1.54) is 11.3 Å². The third-order valence-corrected chi connectivity index (χ3v) is 5.63. The Morgan fingerprint density at radius 3 is 2.56 bits per heavy atom. The Balaban J connectivity index is 1.53. The highest BCUT2D eigenvalue weighted by atomic mass is 32.1. The van der Waals surface area contributed by atoms with Gasteiger partial charge in [-0.2, -0.15) is 0 Å². The molecule has 2 heterocycles. The second kappa shape index (κ2) is 9.23. The van der Waals surface area contributed by atoms with Gasteiger partial charge >= 0.3 is 5.97 Å². The van der Waals surface area contributed by atoms with Crippen molar-refractivity contribution in [1.29, 1.82) is 0 Å². The molecule has 0 bridgehead atoms.